The van der Waals surface area contributed by atoms with E-state index in [0.717, 1.165) is 10.8 Å². The number of carbonyl (C=O) groups is 1. The number of aromatic nitrogens is 1. The predicted octanol–water partition coefficient (Wildman–Crippen LogP) is 4.22. The Labute approximate surface area is 145 Å². The molecule has 1 N–H and O–H groups in total. The molecule has 0 aliphatic heterocycles. The molecule has 0 fully saturated rings. The average Bonchev–Trinajstić information content (AvgIpc) is 2.94. The Morgan fingerprint density at radius 1 is 1.42 bits per heavy atom. The molecule has 8 heteroatoms. The van der Waals surface area contributed by atoms with Crippen molar-refractivity contribution in [2.45, 2.75) is 0 Å². The first-order chi connectivity index (χ1) is 11.5. The summed E-state index contributed by atoms with van der Waals surface area (Å²) in [7, 11) is 1.50. The van der Waals surface area contributed by atoms with Gasteiger partial charge in [0.15, 0.2) is 5.13 Å². The summed E-state index contributed by atoms with van der Waals surface area (Å²) in [5, 5.41) is 12.0. The van der Waals surface area contributed by atoms with E-state index in [-0.39, 0.29) is 11.1 Å². The number of thiazole rings is 1. The van der Waals surface area contributed by atoms with Gasteiger partial charge in [0.25, 0.3) is 5.91 Å². The van der Waals surface area contributed by atoms with Crippen LogP contribution in [0.3, 0.4) is 0 Å². The highest BCUT2D eigenvalue weighted by atomic mass is 35.5. The summed E-state index contributed by atoms with van der Waals surface area (Å²) in [5.74, 6) is -0.907. The first kappa shape index (κ1) is 16.2. The fourth-order valence-corrected chi connectivity index (χ4v) is 3.18. The lowest BCUT2D eigenvalue weighted by atomic mass is 10.1. The van der Waals surface area contributed by atoms with Crippen molar-refractivity contribution >= 4 is 44.2 Å². The standard InChI is InChI=1S/C16H9ClFN3O2S/c1-23-13-6-14-12(5-10(13)17)20-16(24-14)21-15(22)9-3-2-8(7-19)4-11(9)18/h2-6H,1H3,(H,20,21,22). The van der Waals surface area contributed by atoms with Gasteiger partial charge in [0.05, 0.1) is 39.5 Å². The molecule has 1 aromatic heterocycles. The van der Waals surface area contributed by atoms with Crippen LogP contribution in [0.1, 0.15) is 15.9 Å². The minimum Gasteiger partial charge on any atom is -0.495 e. The lowest BCUT2D eigenvalue weighted by Crippen LogP contribution is -2.13. The van der Waals surface area contributed by atoms with E-state index in [1.54, 1.807) is 12.1 Å². The minimum absolute atomic E-state index is 0.144. The van der Waals surface area contributed by atoms with Crippen LogP contribution in [0.4, 0.5) is 9.52 Å². The van der Waals surface area contributed by atoms with Gasteiger partial charge < -0.3 is 4.74 Å². The molecule has 0 spiro atoms. The lowest BCUT2D eigenvalue weighted by Gasteiger charge is -2.03. The van der Waals surface area contributed by atoms with Crippen LogP contribution in [-0.2, 0) is 0 Å². The number of carbonyl (C=O) groups excluding carboxylic acids is 1. The summed E-state index contributed by atoms with van der Waals surface area (Å²) in [6.07, 6.45) is 0. The van der Waals surface area contributed by atoms with Crippen LogP contribution in [0.15, 0.2) is 30.3 Å². The van der Waals surface area contributed by atoms with Crippen LogP contribution in [0.5, 0.6) is 5.75 Å². The fourth-order valence-electron chi connectivity index (χ4n) is 2.07. The third-order valence-electron chi connectivity index (χ3n) is 3.23. The second-order valence-electron chi connectivity index (χ2n) is 4.73. The quantitative estimate of drug-likeness (QED) is 0.757. The zero-order chi connectivity index (χ0) is 17.3. The summed E-state index contributed by atoms with van der Waals surface area (Å²) in [6, 6.07) is 8.80. The molecule has 0 saturated heterocycles. The number of rotatable bonds is 3. The van der Waals surface area contributed by atoms with Crippen molar-refractivity contribution in [2.24, 2.45) is 0 Å². The van der Waals surface area contributed by atoms with Crippen molar-refractivity contribution in [1.82, 2.24) is 4.98 Å². The molecule has 3 aromatic rings. The molecule has 3 rings (SSSR count). The minimum atomic E-state index is -0.766. The molecule has 0 bridgehead atoms. The van der Waals surface area contributed by atoms with Crippen LogP contribution in [0, 0.1) is 17.1 Å². The number of nitrogens with zero attached hydrogens (tertiary/aromatic N) is 2. The Bertz CT molecular complexity index is 997. The van der Waals surface area contributed by atoms with Gasteiger partial charge in [-0.25, -0.2) is 9.37 Å². The second-order valence-corrected chi connectivity index (χ2v) is 6.17. The number of amides is 1. The highest BCUT2D eigenvalue weighted by Gasteiger charge is 2.15. The number of fused-ring (bicyclic) bond motifs is 1. The molecule has 0 radical (unpaired) electrons. The highest BCUT2D eigenvalue weighted by molar-refractivity contribution is 7.22. The van der Waals surface area contributed by atoms with Crippen molar-refractivity contribution in [3.8, 4) is 11.8 Å². The summed E-state index contributed by atoms with van der Waals surface area (Å²) in [5.41, 5.74) is 0.580. The van der Waals surface area contributed by atoms with Crippen molar-refractivity contribution < 1.29 is 13.9 Å². The largest absolute Gasteiger partial charge is 0.495 e. The Balaban J connectivity index is 1.89. The number of nitrogens with one attached hydrogen (secondary N) is 1. The maximum atomic E-state index is 13.9. The normalized spacial score (nSPS) is 10.4. The van der Waals surface area contributed by atoms with Crippen LogP contribution in [0.2, 0.25) is 5.02 Å². The molecule has 0 atom stereocenters. The molecular formula is C16H9ClFN3O2S. The van der Waals surface area contributed by atoms with Crippen LogP contribution in [-0.4, -0.2) is 18.0 Å². The van der Waals surface area contributed by atoms with E-state index in [4.69, 9.17) is 21.6 Å². The number of halogens is 2. The zero-order valence-corrected chi connectivity index (χ0v) is 13.8. The van der Waals surface area contributed by atoms with Gasteiger partial charge >= 0.3 is 0 Å². The van der Waals surface area contributed by atoms with Gasteiger partial charge in [-0.05, 0) is 24.3 Å². The Morgan fingerprint density at radius 2 is 2.21 bits per heavy atom. The van der Waals surface area contributed by atoms with Crippen LogP contribution in [0.25, 0.3) is 10.2 Å². The number of nitriles is 1. The molecule has 5 nitrogen and oxygen atoms in total. The molecule has 1 heterocycles. The van der Waals surface area contributed by atoms with E-state index in [2.05, 4.69) is 10.3 Å². The van der Waals surface area contributed by atoms with Gasteiger partial charge in [0, 0.05) is 6.07 Å². The monoisotopic (exact) mass is 361 g/mol. The number of methoxy groups -OCH3 is 1. The van der Waals surface area contributed by atoms with Crippen molar-refractivity contribution in [2.75, 3.05) is 12.4 Å². The lowest BCUT2D eigenvalue weighted by molar-refractivity contribution is 0.102. The van der Waals surface area contributed by atoms with E-state index in [1.165, 1.54) is 30.6 Å². The van der Waals surface area contributed by atoms with Gasteiger partial charge in [0.1, 0.15) is 11.6 Å². The molecule has 24 heavy (non-hydrogen) atoms. The molecular weight excluding hydrogens is 353 g/mol. The van der Waals surface area contributed by atoms with Crippen molar-refractivity contribution in [1.29, 1.82) is 5.26 Å². The molecule has 0 aliphatic rings. The van der Waals surface area contributed by atoms with Crippen molar-refractivity contribution in [3.63, 3.8) is 0 Å². The van der Waals surface area contributed by atoms with Gasteiger partial charge in [-0.1, -0.05) is 22.9 Å². The molecule has 2 aromatic carbocycles. The molecule has 0 unspecified atom stereocenters. The summed E-state index contributed by atoms with van der Waals surface area (Å²) in [6.45, 7) is 0. The van der Waals surface area contributed by atoms with Gasteiger partial charge in [-0.2, -0.15) is 5.26 Å². The Morgan fingerprint density at radius 3 is 2.88 bits per heavy atom. The number of hydrogen-bond donors (Lipinski definition) is 1. The first-order valence-electron chi connectivity index (χ1n) is 6.67. The zero-order valence-electron chi connectivity index (χ0n) is 12.3. The third-order valence-corrected chi connectivity index (χ3v) is 4.45. The Hall–Kier alpha value is -2.69. The predicted molar refractivity (Wildman–Crippen MR) is 90.3 cm³/mol. The van der Waals surface area contributed by atoms with E-state index in [9.17, 15) is 9.18 Å². The van der Waals surface area contributed by atoms with E-state index in [0.29, 0.717) is 21.4 Å². The smallest absolute Gasteiger partial charge is 0.260 e. The van der Waals surface area contributed by atoms with Gasteiger partial charge in [-0.3, -0.25) is 10.1 Å². The van der Waals surface area contributed by atoms with Gasteiger partial charge in [0.2, 0.25) is 0 Å². The number of hydrogen-bond acceptors (Lipinski definition) is 5. The summed E-state index contributed by atoms with van der Waals surface area (Å²) < 4.78 is 19.8. The SMILES string of the molecule is COc1cc2sc(NC(=O)c3ccc(C#N)cc3F)nc2cc1Cl. The number of benzene rings is 2. The van der Waals surface area contributed by atoms with E-state index in [1.807, 2.05) is 6.07 Å². The maximum absolute atomic E-state index is 13.9. The molecule has 0 aliphatic carbocycles. The van der Waals surface area contributed by atoms with E-state index >= 15 is 0 Å². The summed E-state index contributed by atoms with van der Waals surface area (Å²) in [4.78, 5) is 16.4. The highest BCUT2D eigenvalue weighted by Crippen LogP contribution is 2.34. The van der Waals surface area contributed by atoms with Crippen LogP contribution >= 0.6 is 22.9 Å². The topological polar surface area (TPSA) is 75.0 Å². The van der Waals surface area contributed by atoms with E-state index < -0.39 is 11.7 Å². The van der Waals surface area contributed by atoms with Gasteiger partial charge in [-0.15, -0.1) is 0 Å². The third kappa shape index (κ3) is 3.02. The average molecular weight is 362 g/mol. The Kier molecular flexibility index (Phi) is 4.34. The maximum Gasteiger partial charge on any atom is 0.260 e. The molecule has 0 saturated carbocycles. The fraction of sp³-hybridized carbons (Fsp3) is 0.0625. The second kappa shape index (κ2) is 6.43. The molecule has 120 valence electrons. The summed E-state index contributed by atoms with van der Waals surface area (Å²) >= 11 is 7.26. The number of anilines is 1. The van der Waals surface area contributed by atoms with Crippen LogP contribution < -0.4 is 10.1 Å². The number of ether oxygens (including phenoxy) is 1. The molecule has 1 amide bonds. The first-order valence-corrected chi connectivity index (χ1v) is 7.86. The van der Waals surface area contributed by atoms with Crippen molar-refractivity contribution in [3.05, 3.63) is 52.3 Å².